The fraction of sp³-hybridized carbons (Fsp3) is 0.364. The van der Waals surface area contributed by atoms with Crippen LogP contribution in [-0.4, -0.2) is 19.5 Å². The third-order valence-electron chi connectivity index (χ3n) is 2.15. The molecule has 0 spiro atoms. The minimum Gasteiger partial charge on any atom is -0.359 e. The van der Waals surface area contributed by atoms with Crippen molar-refractivity contribution in [2.45, 2.75) is 13.0 Å². The number of benzene rings is 1. The van der Waals surface area contributed by atoms with E-state index in [1.54, 1.807) is 19.2 Å². The molecule has 0 radical (unpaired) electrons. The van der Waals surface area contributed by atoms with Crippen LogP contribution in [0.25, 0.3) is 0 Å². The molecule has 0 atom stereocenters. The minimum atomic E-state index is -0.406. The first kappa shape index (κ1) is 12.9. The molecule has 0 saturated carbocycles. The molecule has 0 unspecified atom stereocenters. The molecule has 2 N–H and O–H groups in total. The predicted octanol–water partition coefficient (Wildman–Crippen LogP) is 1.70. The Labute approximate surface area is 99.0 Å². The normalized spacial score (nSPS) is 10.2. The molecule has 0 fully saturated rings. The standard InChI is InChI=1S/C11H14ClFN2O/c1-14-10(16)5-6-15-7-8-3-2-4-9(12)11(8)13/h2-4,15H,5-7H2,1H3,(H,14,16). The Kier molecular flexibility index (Phi) is 5.22. The van der Waals surface area contributed by atoms with E-state index >= 15 is 0 Å². The van der Waals surface area contributed by atoms with Gasteiger partial charge in [0.05, 0.1) is 5.02 Å². The molecular formula is C11H14ClFN2O. The van der Waals surface area contributed by atoms with Crippen LogP contribution in [0, 0.1) is 5.82 Å². The summed E-state index contributed by atoms with van der Waals surface area (Å²) < 4.78 is 13.4. The summed E-state index contributed by atoms with van der Waals surface area (Å²) in [6.07, 6.45) is 0.374. The summed E-state index contributed by atoms with van der Waals surface area (Å²) in [5.74, 6) is -0.448. The van der Waals surface area contributed by atoms with Gasteiger partial charge >= 0.3 is 0 Å². The topological polar surface area (TPSA) is 41.1 Å². The van der Waals surface area contributed by atoms with Crippen LogP contribution in [0.4, 0.5) is 4.39 Å². The van der Waals surface area contributed by atoms with E-state index in [9.17, 15) is 9.18 Å². The molecule has 0 heterocycles. The zero-order valence-corrected chi connectivity index (χ0v) is 9.77. The van der Waals surface area contributed by atoms with Crippen LogP contribution in [0.1, 0.15) is 12.0 Å². The van der Waals surface area contributed by atoms with Gasteiger partial charge in [-0.1, -0.05) is 23.7 Å². The molecule has 0 bridgehead atoms. The van der Waals surface area contributed by atoms with Crippen LogP contribution in [0.5, 0.6) is 0 Å². The molecule has 1 amide bonds. The maximum Gasteiger partial charge on any atom is 0.221 e. The van der Waals surface area contributed by atoms with Crippen molar-refractivity contribution in [3.8, 4) is 0 Å². The van der Waals surface area contributed by atoms with Crippen LogP contribution >= 0.6 is 11.6 Å². The van der Waals surface area contributed by atoms with Gasteiger partial charge in [0, 0.05) is 32.1 Å². The number of hydrogen-bond acceptors (Lipinski definition) is 2. The summed E-state index contributed by atoms with van der Waals surface area (Å²) in [5, 5.41) is 5.60. The molecule has 88 valence electrons. The summed E-state index contributed by atoms with van der Waals surface area (Å²) in [6.45, 7) is 0.870. The van der Waals surface area contributed by atoms with Crippen LogP contribution in [-0.2, 0) is 11.3 Å². The van der Waals surface area contributed by atoms with E-state index in [1.165, 1.54) is 6.07 Å². The van der Waals surface area contributed by atoms with Gasteiger partial charge in [0.2, 0.25) is 5.91 Å². The number of halogens is 2. The molecule has 0 aromatic heterocycles. The third kappa shape index (κ3) is 3.79. The summed E-state index contributed by atoms with van der Waals surface area (Å²) >= 11 is 5.63. The first-order valence-corrected chi connectivity index (χ1v) is 5.37. The molecule has 0 saturated heterocycles. The molecule has 5 heteroatoms. The molecule has 0 aliphatic heterocycles. The van der Waals surface area contributed by atoms with Crippen LogP contribution in [0.3, 0.4) is 0 Å². The Hall–Kier alpha value is -1.13. The highest BCUT2D eigenvalue weighted by molar-refractivity contribution is 6.30. The number of amides is 1. The summed E-state index contributed by atoms with van der Waals surface area (Å²) in [5.41, 5.74) is 0.504. The quantitative estimate of drug-likeness (QED) is 0.775. The molecular weight excluding hydrogens is 231 g/mol. The van der Waals surface area contributed by atoms with Gasteiger partial charge in [-0.25, -0.2) is 4.39 Å². The van der Waals surface area contributed by atoms with E-state index in [1.807, 2.05) is 0 Å². The number of carbonyl (C=O) groups excluding carboxylic acids is 1. The Bertz CT molecular complexity index is 371. The lowest BCUT2D eigenvalue weighted by molar-refractivity contribution is -0.120. The Morgan fingerprint density at radius 2 is 2.25 bits per heavy atom. The molecule has 0 aliphatic rings. The third-order valence-corrected chi connectivity index (χ3v) is 2.45. The number of carbonyl (C=O) groups is 1. The van der Waals surface area contributed by atoms with Crippen molar-refractivity contribution in [3.63, 3.8) is 0 Å². The second kappa shape index (κ2) is 6.45. The van der Waals surface area contributed by atoms with Gasteiger partial charge < -0.3 is 10.6 Å². The zero-order valence-electron chi connectivity index (χ0n) is 9.02. The lowest BCUT2D eigenvalue weighted by Crippen LogP contribution is -2.24. The molecule has 3 nitrogen and oxygen atoms in total. The highest BCUT2D eigenvalue weighted by Crippen LogP contribution is 2.17. The van der Waals surface area contributed by atoms with Gasteiger partial charge in [-0.05, 0) is 6.07 Å². The van der Waals surface area contributed by atoms with Crippen molar-refractivity contribution >= 4 is 17.5 Å². The first-order valence-electron chi connectivity index (χ1n) is 4.99. The van der Waals surface area contributed by atoms with Gasteiger partial charge in [0.1, 0.15) is 5.82 Å². The van der Waals surface area contributed by atoms with Crippen molar-refractivity contribution < 1.29 is 9.18 Å². The van der Waals surface area contributed by atoms with Gasteiger partial charge in [-0.15, -0.1) is 0 Å². The monoisotopic (exact) mass is 244 g/mol. The smallest absolute Gasteiger partial charge is 0.221 e. The second-order valence-corrected chi connectivity index (χ2v) is 3.72. The highest BCUT2D eigenvalue weighted by Gasteiger charge is 2.05. The maximum absolute atomic E-state index is 13.4. The first-order chi connectivity index (χ1) is 7.65. The molecule has 16 heavy (non-hydrogen) atoms. The fourth-order valence-corrected chi connectivity index (χ4v) is 1.43. The Morgan fingerprint density at radius 3 is 2.94 bits per heavy atom. The van der Waals surface area contributed by atoms with Crippen LogP contribution < -0.4 is 10.6 Å². The van der Waals surface area contributed by atoms with Crippen molar-refractivity contribution in [3.05, 3.63) is 34.6 Å². The highest BCUT2D eigenvalue weighted by atomic mass is 35.5. The molecule has 1 aromatic carbocycles. The van der Waals surface area contributed by atoms with Crippen molar-refractivity contribution in [1.29, 1.82) is 0 Å². The fourth-order valence-electron chi connectivity index (χ4n) is 1.23. The second-order valence-electron chi connectivity index (χ2n) is 3.31. The zero-order chi connectivity index (χ0) is 12.0. The molecule has 0 aliphatic carbocycles. The number of nitrogens with one attached hydrogen (secondary N) is 2. The van der Waals surface area contributed by atoms with Crippen LogP contribution in [0.15, 0.2) is 18.2 Å². The van der Waals surface area contributed by atoms with Gasteiger partial charge in [0.15, 0.2) is 0 Å². The van der Waals surface area contributed by atoms with E-state index in [-0.39, 0.29) is 10.9 Å². The van der Waals surface area contributed by atoms with Gasteiger partial charge in [-0.3, -0.25) is 4.79 Å². The summed E-state index contributed by atoms with van der Waals surface area (Å²) in [6, 6.07) is 4.86. The minimum absolute atomic E-state index is 0.0425. The lowest BCUT2D eigenvalue weighted by atomic mass is 10.2. The van der Waals surface area contributed by atoms with Crippen molar-refractivity contribution in [2.24, 2.45) is 0 Å². The van der Waals surface area contributed by atoms with E-state index < -0.39 is 5.82 Å². The van der Waals surface area contributed by atoms with Crippen LogP contribution in [0.2, 0.25) is 5.02 Å². The average molecular weight is 245 g/mol. The van der Waals surface area contributed by atoms with E-state index in [0.29, 0.717) is 25.1 Å². The van der Waals surface area contributed by atoms with Gasteiger partial charge in [-0.2, -0.15) is 0 Å². The SMILES string of the molecule is CNC(=O)CCNCc1cccc(Cl)c1F. The summed E-state index contributed by atoms with van der Waals surface area (Å²) in [4.78, 5) is 10.9. The molecule has 1 aromatic rings. The largest absolute Gasteiger partial charge is 0.359 e. The number of rotatable bonds is 5. The van der Waals surface area contributed by atoms with E-state index in [4.69, 9.17) is 11.6 Å². The summed E-state index contributed by atoms with van der Waals surface area (Å²) in [7, 11) is 1.58. The number of hydrogen-bond donors (Lipinski definition) is 2. The lowest BCUT2D eigenvalue weighted by Gasteiger charge is -2.06. The predicted molar refractivity (Wildman–Crippen MR) is 61.8 cm³/mol. The van der Waals surface area contributed by atoms with Crippen molar-refractivity contribution in [1.82, 2.24) is 10.6 Å². The van der Waals surface area contributed by atoms with E-state index in [0.717, 1.165) is 0 Å². The Morgan fingerprint density at radius 1 is 1.50 bits per heavy atom. The maximum atomic E-state index is 13.4. The van der Waals surface area contributed by atoms with Crippen molar-refractivity contribution in [2.75, 3.05) is 13.6 Å². The molecule has 1 rings (SSSR count). The van der Waals surface area contributed by atoms with Gasteiger partial charge in [0.25, 0.3) is 0 Å². The van der Waals surface area contributed by atoms with E-state index in [2.05, 4.69) is 10.6 Å². The Balaban J connectivity index is 2.38. The average Bonchev–Trinajstić information content (AvgIpc) is 2.29.